The van der Waals surface area contributed by atoms with E-state index in [2.05, 4.69) is 4.98 Å². The Bertz CT molecular complexity index is 690. The molecule has 2 aromatic carbocycles. The molecule has 2 atom stereocenters. The zero-order chi connectivity index (χ0) is 13.9. The largest absolute Gasteiger partial charge is 0.391 e. The molecule has 1 heterocycles. The molecule has 0 saturated carbocycles. The number of hydrogen-bond donors (Lipinski definition) is 3. The van der Waals surface area contributed by atoms with Crippen molar-refractivity contribution in [3.05, 3.63) is 71.9 Å². The highest BCUT2D eigenvalue weighted by Gasteiger charge is 2.19. The number of rotatable bonds is 4. The summed E-state index contributed by atoms with van der Waals surface area (Å²) >= 11 is 0. The predicted molar refractivity (Wildman–Crippen MR) is 81.4 cm³/mol. The van der Waals surface area contributed by atoms with Crippen LogP contribution in [0.4, 0.5) is 0 Å². The second-order valence-corrected chi connectivity index (χ2v) is 5.07. The number of aliphatic hydroxyl groups is 1. The number of nitrogens with two attached hydrogens (primary N) is 1. The summed E-state index contributed by atoms with van der Waals surface area (Å²) in [7, 11) is 0. The van der Waals surface area contributed by atoms with Gasteiger partial charge in [-0.1, -0.05) is 42.5 Å². The first-order valence-electron chi connectivity index (χ1n) is 6.79. The van der Waals surface area contributed by atoms with Crippen LogP contribution in [0.25, 0.3) is 10.9 Å². The number of H-pyrrole nitrogens is 1. The SMILES string of the molecule is N[C@H](c1cccc2[nH]ccc12)[C@@H](O)Cc1ccccc1. The molecule has 0 aliphatic rings. The van der Waals surface area contributed by atoms with Gasteiger partial charge in [0.15, 0.2) is 0 Å². The highest BCUT2D eigenvalue weighted by Crippen LogP contribution is 2.25. The Hall–Kier alpha value is -2.10. The van der Waals surface area contributed by atoms with Crippen molar-refractivity contribution in [1.29, 1.82) is 0 Å². The number of aromatic nitrogens is 1. The monoisotopic (exact) mass is 266 g/mol. The molecule has 4 N–H and O–H groups in total. The summed E-state index contributed by atoms with van der Waals surface area (Å²) in [5, 5.41) is 11.5. The van der Waals surface area contributed by atoms with Crippen molar-refractivity contribution in [3.8, 4) is 0 Å². The molecule has 0 radical (unpaired) electrons. The lowest BCUT2D eigenvalue weighted by Crippen LogP contribution is -2.28. The van der Waals surface area contributed by atoms with Crippen LogP contribution in [0, 0.1) is 0 Å². The minimum Gasteiger partial charge on any atom is -0.391 e. The molecule has 0 amide bonds. The Balaban J connectivity index is 1.85. The third kappa shape index (κ3) is 2.46. The van der Waals surface area contributed by atoms with Crippen LogP contribution in [0.15, 0.2) is 60.8 Å². The molecule has 0 fully saturated rings. The highest BCUT2D eigenvalue weighted by molar-refractivity contribution is 5.83. The fraction of sp³-hybridized carbons (Fsp3) is 0.176. The van der Waals surface area contributed by atoms with Gasteiger partial charge in [-0.3, -0.25) is 0 Å². The fourth-order valence-electron chi connectivity index (χ4n) is 2.59. The number of benzene rings is 2. The maximum absolute atomic E-state index is 10.4. The van der Waals surface area contributed by atoms with E-state index in [9.17, 15) is 5.11 Å². The molecule has 20 heavy (non-hydrogen) atoms. The molecule has 0 saturated heterocycles. The van der Waals surface area contributed by atoms with Crippen molar-refractivity contribution in [2.45, 2.75) is 18.6 Å². The first-order valence-corrected chi connectivity index (χ1v) is 6.79. The van der Waals surface area contributed by atoms with Gasteiger partial charge in [0, 0.05) is 23.5 Å². The molecule has 0 unspecified atom stereocenters. The Labute approximate surface area is 118 Å². The molecule has 0 spiro atoms. The van der Waals surface area contributed by atoms with Crippen molar-refractivity contribution < 1.29 is 5.11 Å². The molecular weight excluding hydrogens is 248 g/mol. The van der Waals surface area contributed by atoms with Gasteiger partial charge in [-0.15, -0.1) is 0 Å². The first-order chi connectivity index (χ1) is 9.75. The van der Waals surface area contributed by atoms with E-state index in [0.717, 1.165) is 22.0 Å². The number of aromatic amines is 1. The van der Waals surface area contributed by atoms with Gasteiger partial charge in [-0.05, 0) is 23.3 Å². The Morgan fingerprint density at radius 3 is 2.60 bits per heavy atom. The van der Waals surface area contributed by atoms with Crippen LogP contribution in [-0.2, 0) is 6.42 Å². The van der Waals surface area contributed by atoms with Gasteiger partial charge < -0.3 is 15.8 Å². The lowest BCUT2D eigenvalue weighted by atomic mass is 9.95. The van der Waals surface area contributed by atoms with Crippen LogP contribution in [0.1, 0.15) is 17.2 Å². The van der Waals surface area contributed by atoms with Gasteiger partial charge >= 0.3 is 0 Å². The van der Waals surface area contributed by atoms with E-state index in [1.807, 2.05) is 60.8 Å². The summed E-state index contributed by atoms with van der Waals surface area (Å²) < 4.78 is 0. The normalized spacial score (nSPS) is 14.3. The third-order valence-electron chi connectivity index (χ3n) is 3.69. The molecule has 0 bridgehead atoms. The van der Waals surface area contributed by atoms with Crippen LogP contribution < -0.4 is 5.73 Å². The molecule has 3 rings (SSSR count). The second-order valence-electron chi connectivity index (χ2n) is 5.07. The van der Waals surface area contributed by atoms with Gasteiger partial charge in [-0.25, -0.2) is 0 Å². The van der Waals surface area contributed by atoms with Crippen molar-refractivity contribution in [2.75, 3.05) is 0 Å². The van der Waals surface area contributed by atoms with Crippen LogP contribution in [0.5, 0.6) is 0 Å². The quantitative estimate of drug-likeness (QED) is 0.680. The van der Waals surface area contributed by atoms with Gasteiger partial charge in [0.25, 0.3) is 0 Å². The minimum atomic E-state index is -0.599. The van der Waals surface area contributed by atoms with Crippen LogP contribution in [0.2, 0.25) is 0 Å². The van der Waals surface area contributed by atoms with E-state index in [0.29, 0.717) is 6.42 Å². The highest BCUT2D eigenvalue weighted by atomic mass is 16.3. The summed E-state index contributed by atoms with van der Waals surface area (Å²) in [6, 6.07) is 17.5. The molecule has 3 nitrogen and oxygen atoms in total. The zero-order valence-electron chi connectivity index (χ0n) is 11.2. The molecule has 0 aliphatic heterocycles. The average molecular weight is 266 g/mol. The summed E-state index contributed by atoms with van der Waals surface area (Å²) in [6.07, 6.45) is 1.85. The van der Waals surface area contributed by atoms with Crippen molar-refractivity contribution in [3.63, 3.8) is 0 Å². The standard InChI is InChI=1S/C17H18N2O/c18-17(16(20)11-12-5-2-1-3-6-12)14-7-4-8-15-13(14)9-10-19-15/h1-10,16-17,19-20H,11,18H2/t16-,17+/m0/s1. The van der Waals surface area contributed by atoms with Crippen molar-refractivity contribution in [1.82, 2.24) is 4.98 Å². The van der Waals surface area contributed by atoms with E-state index in [1.54, 1.807) is 0 Å². The van der Waals surface area contributed by atoms with Gasteiger partial charge in [0.2, 0.25) is 0 Å². The van der Waals surface area contributed by atoms with Crippen LogP contribution in [-0.4, -0.2) is 16.2 Å². The summed E-state index contributed by atoms with van der Waals surface area (Å²) in [5.41, 5.74) is 9.37. The van der Waals surface area contributed by atoms with E-state index >= 15 is 0 Å². The molecule has 3 aromatic rings. The molecule has 1 aromatic heterocycles. The number of nitrogens with one attached hydrogen (secondary N) is 1. The Kier molecular flexibility index (Phi) is 3.54. The van der Waals surface area contributed by atoms with Crippen molar-refractivity contribution >= 4 is 10.9 Å². The van der Waals surface area contributed by atoms with E-state index in [4.69, 9.17) is 5.73 Å². The van der Waals surface area contributed by atoms with E-state index in [-0.39, 0.29) is 0 Å². The second kappa shape index (κ2) is 5.49. The zero-order valence-corrected chi connectivity index (χ0v) is 11.2. The summed E-state index contributed by atoms with van der Waals surface area (Å²) in [4.78, 5) is 3.17. The number of aliphatic hydroxyl groups excluding tert-OH is 1. The maximum atomic E-state index is 10.4. The Morgan fingerprint density at radius 1 is 1.00 bits per heavy atom. The fourth-order valence-corrected chi connectivity index (χ4v) is 2.59. The molecule has 3 heteroatoms. The lowest BCUT2D eigenvalue weighted by molar-refractivity contribution is 0.145. The predicted octanol–water partition coefficient (Wildman–Crippen LogP) is 2.77. The number of hydrogen-bond acceptors (Lipinski definition) is 2. The smallest absolute Gasteiger partial charge is 0.0773 e. The van der Waals surface area contributed by atoms with E-state index in [1.165, 1.54) is 0 Å². The Morgan fingerprint density at radius 2 is 1.80 bits per heavy atom. The van der Waals surface area contributed by atoms with Crippen molar-refractivity contribution in [2.24, 2.45) is 5.73 Å². The number of fused-ring (bicyclic) bond motifs is 1. The maximum Gasteiger partial charge on any atom is 0.0773 e. The van der Waals surface area contributed by atoms with Crippen LogP contribution in [0.3, 0.4) is 0 Å². The van der Waals surface area contributed by atoms with E-state index < -0.39 is 12.1 Å². The molecule has 102 valence electrons. The van der Waals surface area contributed by atoms with Gasteiger partial charge in [-0.2, -0.15) is 0 Å². The summed E-state index contributed by atoms with van der Waals surface area (Å²) in [5.74, 6) is 0. The van der Waals surface area contributed by atoms with Gasteiger partial charge in [0.1, 0.15) is 0 Å². The third-order valence-corrected chi connectivity index (χ3v) is 3.69. The van der Waals surface area contributed by atoms with Crippen LogP contribution >= 0.6 is 0 Å². The lowest BCUT2D eigenvalue weighted by Gasteiger charge is -2.20. The average Bonchev–Trinajstić information content (AvgIpc) is 2.96. The van der Waals surface area contributed by atoms with Gasteiger partial charge in [0.05, 0.1) is 12.1 Å². The first kappa shape index (κ1) is 12.9. The molecule has 0 aliphatic carbocycles. The topological polar surface area (TPSA) is 62.0 Å². The minimum absolute atomic E-state index is 0.394. The molecular formula is C17H18N2O. The summed E-state index contributed by atoms with van der Waals surface area (Å²) in [6.45, 7) is 0.